The maximum absolute atomic E-state index is 12.3. The van der Waals surface area contributed by atoms with Crippen molar-refractivity contribution in [1.82, 2.24) is 24.5 Å². The van der Waals surface area contributed by atoms with Crippen molar-refractivity contribution in [2.75, 3.05) is 12.3 Å². The number of imidazole rings is 1. The van der Waals surface area contributed by atoms with E-state index in [4.69, 9.17) is 10.5 Å². The zero-order valence-electron chi connectivity index (χ0n) is 19.3. The number of ether oxygens (including phenoxy) is 1. The van der Waals surface area contributed by atoms with Crippen molar-refractivity contribution < 1.29 is 57.1 Å². The molecular weight excluding hydrogens is 554 g/mol. The van der Waals surface area contributed by atoms with E-state index in [1.165, 1.54) is 17.8 Å². The van der Waals surface area contributed by atoms with Gasteiger partial charge in [-0.15, -0.1) is 0 Å². The first-order valence-corrected chi connectivity index (χ1v) is 13.6. The van der Waals surface area contributed by atoms with E-state index in [0.717, 1.165) is 12.5 Å². The average Bonchev–Trinajstić information content (AvgIpc) is 3.40. The van der Waals surface area contributed by atoms with E-state index in [2.05, 4.69) is 33.3 Å². The summed E-state index contributed by atoms with van der Waals surface area (Å²) in [5.41, 5.74) is 5.88. The lowest BCUT2D eigenvalue weighted by Gasteiger charge is -2.19. The van der Waals surface area contributed by atoms with Gasteiger partial charge in [0, 0.05) is 11.8 Å². The van der Waals surface area contributed by atoms with E-state index < -0.39 is 59.1 Å². The number of nitrogen functional groups attached to an aromatic ring is 1. The molecule has 6 atom stereocenters. The van der Waals surface area contributed by atoms with Gasteiger partial charge >= 0.3 is 15.6 Å². The second-order valence-corrected chi connectivity index (χ2v) is 11.0. The van der Waals surface area contributed by atoms with E-state index in [1.807, 2.05) is 0 Å². The lowest BCUT2D eigenvalue weighted by molar-refractivity contribution is -0.0504. The number of nitrogens with two attached hydrogens (primary N) is 1. The predicted octanol–water partition coefficient (Wildman–Crippen LogP) is -0.300. The molecule has 1 saturated heterocycles. The number of phosphoric acid groups is 2. The van der Waals surface area contributed by atoms with Crippen LogP contribution in [0.3, 0.4) is 0 Å². The monoisotopic (exact) mass is 576 g/mol. The number of aldehydes is 1. The van der Waals surface area contributed by atoms with Crippen molar-refractivity contribution in [3.05, 3.63) is 35.7 Å². The summed E-state index contributed by atoms with van der Waals surface area (Å²) in [5, 5.41) is 30.6. The molecule has 0 aliphatic carbocycles. The first kappa shape index (κ1) is 28.1. The Morgan fingerprint density at radius 1 is 1.13 bits per heavy atom. The van der Waals surface area contributed by atoms with E-state index in [9.17, 15) is 39.0 Å². The first-order chi connectivity index (χ1) is 17.8. The smallest absolute Gasteiger partial charge is 0.481 e. The number of aliphatic hydroxyl groups excluding tert-OH is 2. The molecule has 0 radical (unpaired) electrons. The minimum absolute atomic E-state index is 0.0634. The van der Waals surface area contributed by atoms with E-state index in [0.29, 0.717) is 0 Å². The highest BCUT2D eigenvalue weighted by molar-refractivity contribution is 7.61. The van der Waals surface area contributed by atoms with Gasteiger partial charge in [0.05, 0.1) is 30.8 Å². The van der Waals surface area contributed by atoms with Crippen molar-refractivity contribution in [2.24, 2.45) is 0 Å². The van der Waals surface area contributed by atoms with E-state index in [1.54, 1.807) is 0 Å². The zero-order valence-corrected chi connectivity index (χ0v) is 21.1. The van der Waals surface area contributed by atoms with Crippen LogP contribution in [-0.2, 0) is 33.8 Å². The number of aromatic nitrogens is 5. The lowest BCUT2D eigenvalue weighted by atomic mass is 10.1. The van der Waals surface area contributed by atoms with Crippen molar-refractivity contribution >= 4 is 38.9 Å². The molecule has 7 N–H and O–H groups in total. The number of aryl methyl sites for hydroxylation is 1. The fraction of sp³-hybridized carbons (Fsp3) is 0.389. The van der Waals surface area contributed by atoms with Gasteiger partial charge in [0.1, 0.15) is 35.9 Å². The van der Waals surface area contributed by atoms with Crippen molar-refractivity contribution in [3.63, 3.8) is 0 Å². The minimum Gasteiger partial charge on any atom is -0.505 e. The van der Waals surface area contributed by atoms with Crippen LogP contribution in [0.5, 0.6) is 5.75 Å². The Morgan fingerprint density at radius 3 is 2.55 bits per heavy atom. The number of nitrogens with zero attached hydrogens (tertiary/aromatic N) is 5. The van der Waals surface area contributed by atoms with Crippen LogP contribution in [0.15, 0.2) is 18.9 Å². The fourth-order valence-corrected chi connectivity index (χ4v) is 5.61. The standard InChI is InChI=1S/C18H22N6O12P2/c1-8-13(26)10(3-25)9(2-20-8)4-33-37(29,30)36-38(31,32)34-5-11-14(27)15(28)18(35-11)24-7-23-12-16(19)21-6-22-17(12)24/h2-3,6-7,11,14-15,18,26-28H,4-5H2,1H3,(H,29,30)(H,31,32)(H2,19,21,22)/t11-,14-,15-,18?/m1/s1. The minimum atomic E-state index is -5.30. The normalized spacial score (nSPS) is 24.8. The van der Waals surface area contributed by atoms with Crippen LogP contribution in [0.25, 0.3) is 11.2 Å². The van der Waals surface area contributed by atoms with Crippen LogP contribution in [0.2, 0.25) is 0 Å². The molecule has 3 unspecified atom stereocenters. The van der Waals surface area contributed by atoms with Crippen molar-refractivity contribution in [2.45, 2.75) is 38.1 Å². The molecule has 3 aromatic rings. The Balaban J connectivity index is 1.38. The molecule has 206 valence electrons. The topological polar surface area (TPSA) is 272 Å². The molecule has 1 aliphatic rings. The Hall–Kier alpha value is -2.89. The third-order valence-electron chi connectivity index (χ3n) is 5.47. The number of rotatable bonds is 10. The lowest BCUT2D eigenvalue weighted by Crippen LogP contribution is -2.33. The second kappa shape index (κ2) is 10.7. The number of fused-ring (bicyclic) bond motifs is 1. The van der Waals surface area contributed by atoms with Crippen LogP contribution < -0.4 is 5.73 Å². The summed E-state index contributed by atoms with van der Waals surface area (Å²) in [4.78, 5) is 46.6. The van der Waals surface area contributed by atoms with Crippen LogP contribution >= 0.6 is 15.6 Å². The molecule has 20 heteroatoms. The Labute approximate surface area is 212 Å². The maximum atomic E-state index is 12.3. The van der Waals surface area contributed by atoms with Crippen LogP contribution in [-0.4, -0.2) is 80.8 Å². The van der Waals surface area contributed by atoms with Crippen molar-refractivity contribution in [3.8, 4) is 5.75 Å². The van der Waals surface area contributed by atoms with Gasteiger partial charge in [0.2, 0.25) is 0 Å². The van der Waals surface area contributed by atoms with Gasteiger partial charge in [-0.25, -0.2) is 24.1 Å². The number of hydrogen-bond donors (Lipinski definition) is 6. The number of anilines is 1. The van der Waals surface area contributed by atoms with E-state index in [-0.39, 0.29) is 40.1 Å². The molecule has 38 heavy (non-hydrogen) atoms. The van der Waals surface area contributed by atoms with Gasteiger partial charge in [0.15, 0.2) is 24.0 Å². The quantitative estimate of drug-likeness (QED) is 0.133. The van der Waals surface area contributed by atoms with Crippen molar-refractivity contribution in [1.29, 1.82) is 0 Å². The van der Waals surface area contributed by atoms with Crippen LogP contribution in [0, 0.1) is 6.92 Å². The van der Waals surface area contributed by atoms with Crippen LogP contribution in [0.4, 0.5) is 5.82 Å². The highest BCUT2D eigenvalue weighted by atomic mass is 31.3. The Bertz CT molecular complexity index is 1450. The number of aliphatic hydroxyl groups is 2. The van der Waals surface area contributed by atoms with Gasteiger partial charge in [-0.3, -0.25) is 23.4 Å². The highest BCUT2D eigenvalue weighted by Gasteiger charge is 2.46. The predicted molar refractivity (Wildman–Crippen MR) is 123 cm³/mol. The fourth-order valence-electron chi connectivity index (χ4n) is 3.55. The third-order valence-corrected chi connectivity index (χ3v) is 8.05. The largest absolute Gasteiger partial charge is 0.505 e. The molecular formula is C18H22N6O12P2. The molecule has 4 heterocycles. The molecule has 1 fully saturated rings. The van der Waals surface area contributed by atoms with Gasteiger partial charge in [0.25, 0.3) is 0 Å². The summed E-state index contributed by atoms with van der Waals surface area (Å²) < 4.78 is 44.8. The van der Waals surface area contributed by atoms with Crippen LogP contribution in [0.1, 0.15) is 27.8 Å². The molecule has 0 saturated carbocycles. The zero-order chi connectivity index (χ0) is 27.8. The van der Waals surface area contributed by atoms with Gasteiger partial charge in [-0.2, -0.15) is 4.31 Å². The molecule has 18 nitrogen and oxygen atoms in total. The summed E-state index contributed by atoms with van der Waals surface area (Å²) in [5.74, 6) is -0.408. The molecule has 3 aromatic heterocycles. The molecule has 4 rings (SSSR count). The highest BCUT2D eigenvalue weighted by Crippen LogP contribution is 2.61. The summed E-state index contributed by atoms with van der Waals surface area (Å²) in [6.45, 7) is -0.244. The number of aromatic hydroxyl groups is 1. The average molecular weight is 576 g/mol. The Kier molecular flexibility index (Phi) is 7.92. The summed E-state index contributed by atoms with van der Waals surface area (Å²) in [6, 6.07) is 0. The van der Waals surface area contributed by atoms with E-state index >= 15 is 0 Å². The number of carbonyl (C=O) groups is 1. The summed E-state index contributed by atoms with van der Waals surface area (Å²) in [7, 11) is -10.6. The number of pyridine rings is 1. The maximum Gasteiger partial charge on any atom is 0.481 e. The summed E-state index contributed by atoms with van der Waals surface area (Å²) >= 11 is 0. The van der Waals surface area contributed by atoms with Gasteiger partial charge in [-0.05, 0) is 6.92 Å². The summed E-state index contributed by atoms with van der Waals surface area (Å²) in [6.07, 6.45) is -2.08. The number of hydrogen-bond acceptors (Lipinski definition) is 15. The number of phosphoric ester groups is 2. The molecule has 0 spiro atoms. The molecule has 1 aliphatic heterocycles. The third kappa shape index (κ3) is 5.74. The molecule has 0 bridgehead atoms. The number of carbonyl (C=O) groups excluding carboxylic acids is 1. The van der Waals surface area contributed by atoms with Gasteiger partial charge in [-0.1, -0.05) is 0 Å². The molecule has 0 aromatic carbocycles. The SMILES string of the molecule is Cc1ncc(COP(=O)(O)OP(=O)(O)OC[C@H]2OC(n3cnc4c(N)ncnc43)[C@H](O)[C@@H]2O)c(C=O)c1O. The first-order valence-electron chi connectivity index (χ1n) is 10.6. The molecule has 0 amide bonds. The Morgan fingerprint density at radius 2 is 1.84 bits per heavy atom. The van der Waals surface area contributed by atoms with Gasteiger partial charge < -0.3 is 35.6 Å². The second-order valence-electron chi connectivity index (χ2n) is 7.97.